The maximum Gasteiger partial charge on any atom is 0.255 e. The van der Waals surface area contributed by atoms with Crippen LogP contribution in [0.5, 0.6) is 11.5 Å². The Labute approximate surface area is 252 Å². The Balaban J connectivity index is 1.42. The summed E-state index contributed by atoms with van der Waals surface area (Å²) in [5, 5.41) is 14.8. The van der Waals surface area contributed by atoms with Gasteiger partial charge in [-0.25, -0.2) is 8.78 Å². The second-order valence-corrected chi connectivity index (χ2v) is 10.9. The van der Waals surface area contributed by atoms with Gasteiger partial charge in [-0.3, -0.25) is 14.6 Å². The molecule has 44 heavy (non-hydrogen) atoms. The van der Waals surface area contributed by atoms with E-state index in [1.165, 1.54) is 37.4 Å². The molecule has 0 radical (unpaired) electrons. The van der Waals surface area contributed by atoms with Crippen LogP contribution in [0.1, 0.15) is 57.6 Å². The second-order valence-electron chi connectivity index (χ2n) is 10.9. The summed E-state index contributed by atoms with van der Waals surface area (Å²) in [5.74, 6) is -2.69. The number of aryl methyl sites for hydroxylation is 1. The van der Waals surface area contributed by atoms with Crippen molar-refractivity contribution in [3.05, 3.63) is 113 Å². The van der Waals surface area contributed by atoms with E-state index in [1.807, 2.05) is 18.2 Å². The Bertz CT molecular complexity index is 1800. The zero-order chi connectivity index (χ0) is 31.0. The fourth-order valence-corrected chi connectivity index (χ4v) is 5.75. The summed E-state index contributed by atoms with van der Waals surface area (Å²) in [5.41, 5.74) is 1.99. The first kappa shape index (κ1) is 28.8. The van der Waals surface area contributed by atoms with Gasteiger partial charge in [-0.15, -0.1) is 0 Å². The van der Waals surface area contributed by atoms with Crippen molar-refractivity contribution in [2.45, 2.75) is 37.3 Å². The molecular formula is C34H28F2N4O4. The van der Waals surface area contributed by atoms with E-state index in [4.69, 9.17) is 14.7 Å². The van der Waals surface area contributed by atoms with Crippen molar-refractivity contribution in [3.8, 4) is 28.7 Å². The van der Waals surface area contributed by atoms with Gasteiger partial charge < -0.3 is 20.1 Å². The molecule has 3 aromatic carbocycles. The molecule has 2 heterocycles. The molecule has 8 nitrogen and oxygen atoms in total. The second kappa shape index (κ2) is 11.4. The van der Waals surface area contributed by atoms with E-state index >= 15 is 4.39 Å². The van der Waals surface area contributed by atoms with E-state index in [0.717, 1.165) is 5.69 Å². The number of rotatable bonds is 8. The third kappa shape index (κ3) is 5.11. The summed E-state index contributed by atoms with van der Waals surface area (Å²) in [6.07, 6.45) is 2.21. The van der Waals surface area contributed by atoms with E-state index in [2.05, 4.69) is 15.6 Å². The lowest BCUT2D eigenvalue weighted by molar-refractivity contribution is -0.123. The van der Waals surface area contributed by atoms with E-state index in [9.17, 15) is 14.0 Å². The molecule has 0 saturated heterocycles. The Kier molecular flexibility index (Phi) is 7.47. The lowest BCUT2D eigenvalue weighted by Crippen LogP contribution is -2.35. The SMILES string of the molecule is CNC(=O)C1c2c(ccc(-c3cc(C(=O)NC4(c5ccccn5)CC4)c(OCC#N)cc3C)c2F)OC1c1ccc(F)cc1. The summed E-state index contributed by atoms with van der Waals surface area (Å²) in [4.78, 5) is 31.3. The molecule has 2 N–H and O–H groups in total. The number of pyridine rings is 1. The van der Waals surface area contributed by atoms with E-state index in [1.54, 1.807) is 37.4 Å². The van der Waals surface area contributed by atoms with Crippen LogP contribution in [0.25, 0.3) is 11.1 Å². The molecule has 2 unspecified atom stereocenters. The quantitative estimate of drug-likeness (QED) is 0.274. The minimum atomic E-state index is -1.05. The van der Waals surface area contributed by atoms with Crippen molar-refractivity contribution >= 4 is 11.8 Å². The molecule has 1 aliphatic heterocycles. The smallest absolute Gasteiger partial charge is 0.255 e. The highest BCUT2D eigenvalue weighted by molar-refractivity contribution is 5.99. The molecule has 2 amide bonds. The number of halogens is 2. The molecule has 0 spiro atoms. The third-order valence-corrected chi connectivity index (χ3v) is 8.15. The van der Waals surface area contributed by atoms with Crippen LogP contribution in [-0.2, 0) is 10.3 Å². The fraction of sp³-hybridized carbons (Fsp3) is 0.235. The number of aromatic nitrogens is 1. The number of nitriles is 1. The molecule has 2 atom stereocenters. The zero-order valence-corrected chi connectivity index (χ0v) is 24.0. The van der Waals surface area contributed by atoms with Crippen LogP contribution in [0.15, 0.2) is 72.9 Å². The molecule has 1 aromatic heterocycles. The molecule has 222 valence electrons. The van der Waals surface area contributed by atoms with Crippen LogP contribution in [0.2, 0.25) is 0 Å². The minimum Gasteiger partial charge on any atom is -0.484 e. The van der Waals surface area contributed by atoms with Gasteiger partial charge >= 0.3 is 0 Å². The number of amides is 2. The monoisotopic (exact) mass is 594 g/mol. The van der Waals surface area contributed by atoms with E-state index in [-0.39, 0.29) is 34.8 Å². The van der Waals surface area contributed by atoms with Crippen LogP contribution in [-0.4, -0.2) is 30.5 Å². The minimum absolute atomic E-state index is 0.0680. The van der Waals surface area contributed by atoms with Crippen molar-refractivity contribution in [3.63, 3.8) is 0 Å². The summed E-state index contributed by atoms with van der Waals surface area (Å²) in [7, 11) is 1.45. The zero-order valence-electron chi connectivity index (χ0n) is 24.0. The van der Waals surface area contributed by atoms with Crippen LogP contribution in [0.4, 0.5) is 8.78 Å². The third-order valence-electron chi connectivity index (χ3n) is 8.15. The van der Waals surface area contributed by atoms with E-state index in [0.29, 0.717) is 29.5 Å². The van der Waals surface area contributed by atoms with Crippen LogP contribution in [0.3, 0.4) is 0 Å². The van der Waals surface area contributed by atoms with E-state index < -0.39 is 41.0 Å². The normalized spacial score (nSPS) is 17.5. The van der Waals surface area contributed by atoms with Gasteiger partial charge in [0, 0.05) is 24.4 Å². The topological polar surface area (TPSA) is 113 Å². The number of hydrogen-bond acceptors (Lipinski definition) is 6. The molecule has 2 aliphatic rings. The number of hydrogen-bond donors (Lipinski definition) is 2. The highest BCUT2D eigenvalue weighted by Gasteiger charge is 2.47. The molecule has 10 heteroatoms. The van der Waals surface area contributed by atoms with Gasteiger partial charge in [-0.2, -0.15) is 5.26 Å². The first-order valence-corrected chi connectivity index (χ1v) is 14.1. The maximum atomic E-state index is 16.6. The van der Waals surface area contributed by atoms with Crippen molar-refractivity contribution in [1.82, 2.24) is 15.6 Å². The number of carbonyl (C=O) groups excluding carboxylic acids is 2. The highest BCUT2D eigenvalue weighted by atomic mass is 19.1. The molecule has 1 saturated carbocycles. The molecule has 0 bridgehead atoms. The molecule has 4 aromatic rings. The Morgan fingerprint density at radius 1 is 1.09 bits per heavy atom. The van der Waals surface area contributed by atoms with Crippen LogP contribution < -0.4 is 20.1 Å². The Morgan fingerprint density at radius 2 is 1.86 bits per heavy atom. The number of ether oxygens (including phenoxy) is 2. The average molecular weight is 595 g/mol. The van der Waals surface area contributed by atoms with Gasteiger partial charge in [0.05, 0.1) is 16.8 Å². The number of nitrogens with one attached hydrogen (secondary N) is 2. The van der Waals surface area contributed by atoms with Crippen molar-refractivity contribution in [2.75, 3.05) is 13.7 Å². The van der Waals surface area contributed by atoms with Crippen molar-refractivity contribution < 1.29 is 27.8 Å². The lowest BCUT2D eigenvalue weighted by atomic mass is 9.87. The van der Waals surface area contributed by atoms with Gasteiger partial charge in [-0.05, 0) is 85.0 Å². The fourth-order valence-electron chi connectivity index (χ4n) is 5.75. The van der Waals surface area contributed by atoms with Gasteiger partial charge in [-0.1, -0.05) is 18.2 Å². The predicted molar refractivity (Wildman–Crippen MR) is 157 cm³/mol. The van der Waals surface area contributed by atoms with Gasteiger partial charge in [0.15, 0.2) is 6.61 Å². The van der Waals surface area contributed by atoms with Crippen LogP contribution >= 0.6 is 0 Å². The molecule has 1 fully saturated rings. The van der Waals surface area contributed by atoms with Crippen molar-refractivity contribution in [2.24, 2.45) is 0 Å². The summed E-state index contributed by atoms with van der Waals surface area (Å²) >= 11 is 0. The maximum absolute atomic E-state index is 16.6. The first-order chi connectivity index (χ1) is 21.3. The Morgan fingerprint density at radius 3 is 2.52 bits per heavy atom. The molecule has 1 aliphatic carbocycles. The number of nitrogens with zero attached hydrogens (tertiary/aromatic N) is 2. The summed E-state index contributed by atoms with van der Waals surface area (Å²) in [6, 6.07) is 19.2. The van der Waals surface area contributed by atoms with Gasteiger partial charge in [0.2, 0.25) is 5.91 Å². The number of likely N-dealkylation sites (N-methyl/N-ethyl adjacent to an activating group) is 1. The highest BCUT2D eigenvalue weighted by Crippen LogP contribution is 2.50. The standard InChI is InChI=1S/C34H28F2N4O4/c1-19-17-26(43-16-14-37)24(32(41)40-34(12-13-34)27-5-3-4-15-39-27)18-23(19)22-10-11-25-28(30(22)36)29(33(42)38-2)31(44-25)20-6-8-21(35)9-7-20/h3-11,15,17-18,29,31H,12-13,16H2,1-2H3,(H,38,42)(H,40,41). The lowest BCUT2D eigenvalue weighted by Gasteiger charge is -2.20. The molecule has 6 rings (SSSR count). The Hall–Kier alpha value is -5.30. The number of benzene rings is 3. The van der Waals surface area contributed by atoms with Gasteiger partial charge in [0.1, 0.15) is 41.2 Å². The predicted octanol–water partition coefficient (Wildman–Crippen LogP) is 5.62. The summed E-state index contributed by atoms with van der Waals surface area (Å²) < 4.78 is 41.9. The number of carbonyl (C=O) groups is 2. The summed E-state index contributed by atoms with van der Waals surface area (Å²) in [6.45, 7) is 1.46. The van der Waals surface area contributed by atoms with Crippen LogP contribution in [0, 0.1) is 29.9 Å². The number of fused-ring (bicyclic) bond motifs is 1. The largest absolute Gasteiger partial charge is 0.484 e. The average Bonchev–Trinajstić information content (AvgIpc) is 3.71. The first-order valence-electron chi connectivity index (χ1n) is 14.1. The van der Waals surface area contributed by atoms with Gasteiger partial charge in [0.25, 0.3) is 5.91 Å². The van der Waals surface area contributed by atoms with Crippen molar-refractivity contribution in [1.29, 1.82) is 5.26 Å². The molecular weight excluding hydrogens is 566 g/mol.